The standard InChI is InChI=1S/C13H26N2O4/c1-4-7-8-15(9-10-16)12(19)14-13(5-2,6-3)11(17)18/h16H,4-10H2,1-3H3,(H,14,19)(H,17,18). The van der Waals surface area contributed by atoms with Crippen LogP contribution in [-0.4, -0.2) is 52.3 Å². The number of rotatable bonds is 9. The summed E-state index contributed by atoms with van der Waals surface area (Å²) in [6.45, 7) is 6.09. The van der Waals surface area contributed by atoms with Crippen molar-refractivity contribution in [3.63, 3.8) is 0 Å². The van der Waals surface area contributed by atoms with Crippen molar-refractivity contribution in [3.05, 3.63) is 0 Å². The molecular formula is C13H26N2O4. The number of carbonyl (C=O) groups excluding carboxylic acids is 1. The zero-order valence-corrected chi connectivity index (χ0v) is 12.1. The van der Waals surface area contributed by atoms with Crippen molar-refractivity contribution in [1.29, 1.82) is 0 Å². The van der Waals surface area contributed by atoms with Crippen LogP contribution in [-0.2, 0) is 4.79 Å². The molecule has 0 rings (SSSR count). The van der Waals surface area contributed by atoms with Crippen LogP contribution >= 0.6 is 0 Å². The lowest BCUT2D eigenvalue weighted by Crippen LogP contribution is -2.57. The molecule has 0 radical (unpaired) electrons. The van der Waals surface area contributed by atoms with E-state index in [1.54, 1.807) is 13.8 Å². The Morgan fingerprint density at radius 2 is 1.74 bits per heavy atom. The van der Waals surface area contributed by atoms with Crippen LogP contribution in [0.5, 0.6) is 0 Å². The molecule has 0 atom stereocenters. The van der Waals surface area contributed by atoms with Gasteiger partial charge in [-0.3, -0.25) is 0 Å². The van der Waals surface area contributed by atoms with E-state index in [9.17, 15) is 14.7 Å². The normalized spacial score (nSPS) is 11.2. The molecule has 0 saturated heterocycles. The Morgan fingerprint density at radius 3 is 2.11 bits per heavy atom. The highest BCUT2D eigenvalue weighted by atomic mass is 16.4. The number of aliphatic carboxylic acids is 1. The van der Waals surface area contributed by atoms with E-state index < -0.39 is 17.5 Å². The van der Waals surface area contributed by atoms with Gasteiger partial charge in [-0.2, -0.15) is 0 Å². The summed E-state index contributed by atoms with van der Waals surface area (Å²) < 4.78 is 0. The minimum Gasteiger partial charge on any atom is -0.480 e. The Bertz CT molecular complexity index is 290. The molecule has 0 aliphatic carbocycles. The van der Waals surface area contributed by atoms with Crippen molar-refractivity contribution in [2.45, 2.75) is 52.0 Å². The van der Waals surface area contributed by atoms with Crippen molar-refractivity contribution in [2.24, 2.45) is 0 Å². The number of hydrogen-bond acceptors (Lipinski definition) is 3. The SMILES string of the molecule is CCCCN(CCO)C(=O)NC(CC)(CC)C(=O)O. The van der Waals surface area contributed by atoms with E-state index >= 15 is 0 Å². The smallest absolute Gasteiger partial charge is 0.329 e. The first kappa shape index (κ1) is 17.7. The number of carbonyl (C=O) groups is 2. The lowest BCUT2D eigenvalue weighted by Gasteiger charge is -2.31. The molecule has 3 N–H and O–H groups in total. The van der Waals surface area contributed by atoms with Gasteiger partial charge in [-0.05, 0) is 19.3 Å². The highest BCUT2D eigenvalue weighted by molar-refractivity contribution is 5.86. The molecule has 0 aromatic carbocycles. The molecule has 0 saturated carbocycles. The van der Waals surface area contributed by atoms with Gasteiger partial charge in [0.2, 0.25) is 0 Å². The molecule has 0 heterocycles. The number of amides is 2. The van der Waals surface area contributed by atoms with Crippen LogP contribution in [0.1, 0.15) is 46.5 Å². The van der Waals surface area contributed by atoms with Crippen molar-refractivity contribution < 1.29 is 19.8 Å². The van der Waals surface area contributed by atoms with E-state index in [0.717, 1.165) is 12.8 Å². The molecule has 19 heavy (non-hydrogen) atoms. The van der Waals surface area contributed by atoms with Gasteiger partial charge in [0.25, 0.3) is 0 Å². The number of hydrogen-bond donors (Lipinski definition) is 3. The summed E-state index contributed by atoms with van der Waals surface area (Å²) in [6, 6.07) is -0.423. The van der Waals surface area contributed by atoms with Crippen LogP contribution in [0.4, 0.5) is 4.79 Å². The highest BCUT2D eigenvalue weighted by Crippen LogP contribution is 2.16. The number of nitrogens with one attached hydrogen (secondary N) is 1. The number of unbranched alkanes of at least 4 members (excludes halogenated alkanes) is 1. The van der Waals surface area contributed by atoms with Gasteiger partial charge in [0.1, 0.15) is 5.54 Å². The fourth-order valence-electron chi connectivity index (χ4n) is 1.85. The number of nitrogens with zero attached hydrogens (tertiary/aromatic N) is 1. The molecule has 0 aromatic rings. The molecule has 112 valence electrons. The molecule has 0 aliphatic rings. The molecule has 0 aromatic heterocycles. The molecule has 6 nitrogen and oxygen atoms in total. The zero-order valence-electron chi connectivity index (χ0n) is 12.1. The first-order chi connectivity index (χ1) is 8.97. The van der Waals surface area contributed by atoms with Crippen molar-refractivity contribution in [2.75, 3.05) is 19.7 Å². The Labute approximate surface area is 114 Å². The molecule has 2 amide bonds. The predicted octanol–water partition coefficient (Wildman–Crippen LogP) is 1.43. The third kappa shape index (κ3) is 5.06. The van der Waals surface area contributed by atoms with Crippen molar-refractivity contribution in [1.82, 2.24) is 10.2 Å². The minimum absolute atomic E-state index is 0.130. The summed E-state index contributed by atoms with van der Waals surface area (Å²) >= 11 is 0. The number of carboxylic acids is 1. The summed E-state index contributed by atoms with van der Waals surface area (Å²) in [6.07, 6.45) is 2.41. The maximum Gasteiger partial charge on any atom is 0.329 e. The first-order valence-corrected chi connectivity index (χ1v) is 6.88. The predicted molar refractivity (Wildman–Crippen MR) is 73.0 cm³/mol. The largest absolute Gasteiger partial charge is 0.480 e. The first-order valence-electron chi connectivity index (χ1n) is 6.88. The maximum absolute atomic E-state index is 12.1. The van der Waals surface area contributed by atoms with Gasteiger partial charge in [0.15, 0.2) is 0 Å². The van der Waals surface area contributed by atoms with Crippen LogP contribution in [0.15, 0.2) is 0 Å². The Balaban J connectivity index is 4.79. The Kier molecular flexibility index (Phi) is 8.14. The number of aliphatic hydroxyl groups is 1. The molecule has 0 spiro atoms. The fraction of sp³-hybridized carbons (Fsp3) is 0.846. The molecule has 6 heteroatoms. The van der Waals surface area contributed by atoms with Gasteiger partial charge in [-0.25, -0.2) is 9.59 Å². The van der Waals surface area contributed by atoms with Gasteiger partial charge in [-0.1, -0.05) is 27.2 Å². The van der Waals surface area contributed by atoms with Crippen molar-refractivity contribution >= 4 is 12.0 Å². The molecule has 0 aliphatic heterocycles. The summed E-state index contributed by atoms with van der Waals surface area (Å²) in [4.78, 5) is 24.9. The lowest BCUT2D eigenvalue weighted by molar-refractivity contribution is -0.144. The van der Waals surface area contributed by atoms with E-state index in [4.69, 9.17) is 5.11 Å². The summed E-state index contributed by atoms with van der Waals surface area (Å²) in [5.41, 5.74) is -1.23. The fourth-order valence-corrected chi connectivity index (χ4v) is 1.85. The van der Waals surface area contributed by atoms with Gasteiger partial charge in [0.05, 0.1) is 6.61 Å². The Morgan fingerprint density at radius 1 is 1.16 bits per heavy atom. The zero-order chi connectivity index (χ0) is 14.9. The molecule has 0 bridgehead atoms. The summed E-state index contributed by atoms with van der Waals surface area (Å²) in [5.74, 6) is -1.02. The maximum atomic E-state index is 12.1. The number of aliphatic hydroxyl groups excluding tert-OH is 1. The monoisotopic (exact) mass is 274 g/mol. The highest BCUT2D eigenvalue weighted by Gasteiger charge is 2.37. The second-order valence-electron chi connectivity index (χ2n) is 4.59. The van der Waals surface area contributed by atoms with Crippen LogP contribution in [0, 0.1) is 0 Å². The van der Waals surface area contributed by atoms with Crippen molar-refractivity contribution in [3.8, 4) is 0 Å². The van der Waals surface area contributed by atoms with Gasteiger partial charge in [-0.15, -0.1) is 0 Å². The average Bonchev–Trinajstić information content (AvgIpc) is 2.40. The molecule has 0 unspecified atom stereocenters. The second-order valence-corrected chi connectivity index (χ2v) is 4.59. The van der Waals surface area contributed by atoms with Crippen LogP contribution in [0.2, 0.25) is 0 Å². The van der Waals surface area contributed by atoms with Crippen LogP contribution in [0.3, 0.4) is 0 Å². The quantitative estimate of drug-likeness (QED) is 0.593. The van der Waals surface area contributed by atoms with E-state index in [1.165, 1.54) is 4.90 Å². The number of carboxylic acid groups (broad SMARTS) is 1. The van der Waals surface area contributed by atoms with E-state index in [0.29, 0.717) is 19.4 Å². The summed E-state index contributed by atoms with van der Waals surface area (Å²) in [5, 5.41) is 20.8. The lowest BCUT2D eigenvalue weighted by atomic mass is 9.93. The average molecular weight is 274 g/mol. The molecular weight excluding hydrogens is 248 g/mol. The van der Waals surface area contributed by atoms with E-state index in [2.05, 4.69) is 5.32 Å². The van der Waals surface area contributed by atoms with Crippen LogP contribution in [0.25, 0.3) is 0 Å². The number of urea groups is 1. The summed E-state index contributed by atoms with van der Waals surface area (Å²) in [7, 11) is 0. The van der Waals surface area contributed by atoms with Gasteiger partial charge < -0.3 is 20.4 Å². The van der Waals surface area contributed by atoms with Gasteiger partial charge >= 0.3 is 12.0 Å². The molecule has 0 fully saturated rings. The van der Waals surface area contributed by atoms with Gasteiger partial charge in [0, 0.05) is 13.1 Å². The topological polar surface area (TPSA) is 89.9 Å². The second kappa shape index (κ2) is 8.74. The Hall–Kier alpha value is -1.30. The third-order valence-corrected chi connectivity index (χ3v) is 3.40. The minimum atomic E-state index is -1.23. The third-order valence-electron chi connectivity index (χ3n) is 3.40. The van der Waals surface area contributed by atoms with Crippen LogP contribution < -0.4 is 5.32 Å². The van der Waals surface area contributed by atoms with E-state index in [1.807, 2.05) is 6.92 Å². The van der Waals surface area contributed by atoms with E-state index in [-0.39, 0.29) is 13.2 Å².